The minimum atomic E-state index is -6.00. The predicted molar refractivity (Wildman–Crippen MR) is 109 cm³/mol. The number of hydrogen-bond acceptors (Lipinski definition) is 0. The molecule has 1 nitrogen and oxygen atoms in total. The molecule has 4 aromatic rings. The van der Waals surface area contributed by atoms with E-state index in [9.17, 15) is 17.3 Å². The highest BCUT2D eigenvalue weighted by Crippen LogP contribution is 2.27. The van der Waals surface area contributed by atoms with E-state index in [1.54, 1.807) is 0 Å². The molecule has 3 aromatic carbocycles. The van der Waals surface area contributed by atoms with Gasteiger partial charge in [-0.15, -0.1) is 0 Å². The van der Waals surface area contributed by atoms with Crippen LogP contribution in [0.15, 0.2) is 103 Å². The Labute approximate surface area is 166 Å². The van der Waals surface area contributed by atoms with Gasteiger partial charge in [-0.05, 0) is 35.4 Å². The van der Waals surface area contributed by atoms with Crippen molar-refractivity contribution in [2.75, 3.05) is 0 Å². The highest BCUT2D eigenvalue weighted by molar-refractivity contribution is 6.50. The molecule has 1 N–H and O–H groups in total. The molecule has 0 amide bonds. The lowest BCUT2D eigenvalue weighted by molar-refractivity contribution is -0.351. The van der Waals surface area contributed by atoms with E-state index in [0.29, 0.717) is 0 Å². The largest absolute Gasteiger partial charge is 0.673 e. The van der Waals surface area contributed by atoms with Crippen molar-refractivity contribution in [1.82, 2.24) is 0 Å². The Bertz CT molecular complexity index is 891. The molecule has 29 heavy (non-hydrogen) atoms. The maximum atomic E-state index is 9.75. The lowest BCUT2D eigenvalue weighted by Gasteiger charge is -2.05. The monoisotopic (exact) mass is 395 g/mol. The van der Waals surface area contributed by atoms with Crippen molar-refractivity contribution in [1.29, 1.82) is 0 Å². The number of benzene rings is 3. The molecule has 6 heteroatoms. The molecule has 0 bridgehead atoms. The van der Waals surface area contributed by atoms with Crippen LogP contribution in [0.2, 0.25) is 0 Å². The average Bonchev–Trinajstić information content (AvgIpc) is 2.74. The van der Waals surface area contributed by atoms with Crippen LogP contribution in [0.5, 0.6) is 0 Å². The van der Waals surface area contributed by atoms with E-state index >= 15 is 0 Å². The van der Waals surface area contributed by atoms with Crippen molar-refractivity contribution < 1.29 is 22.2 Å². The Balaban J connectivity index is 0.000000431. The normalized spacial score (nSPS) is 10.8. The molecule has 0 aliphatic rings. The molecule has 4 rings (SSSR count). The second-order valence-corrected chi connectivity index (χ2v) is 6.29. The van der Waals surface area contributed by atoms with Crippen molar-refractivity contribution in [2.24, 2.45) is 0 Å². The highest BCUT2D eigenvalue weighted by Gasteiger charge is 2.20. The van der Waals surface area contributed by atoms with Gasteiger partial charge >= 0.3 is 7.25 Å². The van der Waals surface area contributed by atoms with Crippen molar-refractivity contribution in [3.8, 4) is 33.6 Å². The van der Waals surface area contributed by atoms with E-state index in [1.807, 2.05) is 12.1 Å². The summed E-state index contributed by atoms with van der Waals surface area (Å²) in [5.41, 5.74) is 7.06. The number of nitrogens with one attached hydrogen (secondary N) is 1. The number of H-pyrrole nitrogens is 1. The second-order valence-electron chi connectivity index (χ2n) is 6.29. The number of pyridine rings is 1. The Morgan fingerprint density at radius 2 is 0.759 bits per heavy atom. The summed E-state index contributed by atoms with van der Waals surface area (Å²) in [6.07, 6.45) is 0. The van der Waals surface area contributed by atoms with E-state index in [-0.39, 0.29) is 0 Å². The molecule has 146 valence electrons. The number of hydrogen-bond donors (Lipinski definition) is 0. The Morgan fingerprint density at radius 3 is 1.10 bits per heavy atom. The van der Waals surface area contributed by atoms with E-state index in [0.717, 1.165) is 11.4 Å². The zero-order valence-corrected chi connectivity index (χ0v) is 15.4. The quantitative estimate of drug-likeness (QED) is 0.268. The first kappa shape index (κ1) is 20.3. The van der Waals surface area contributed by atoms with Gasteiger partial charge in [-0.3, -0.25) is 0 Å². The minimum absolute atomic E-state index is 1.12. The maximum absolute atomic E-state index is 9.75. The van der Waals surface area contributed by atoms with E-state index < -0.39 is 7.25 Å². The fourth-order valence-electron chi connectivity index (χ4n) is 2.91. The van der Waals surface area contributed by atoms with Gasteiger partial charge in [0, 0.05) is 23.3 Å². The molecular weight excluding hydrogens is 377 g/mol. The maximum Gasteiger partial charge on any atom is 0.673 e. The minimum Gasteiger partial charge on any atom is -0.418 e. The molecule has 0 radical (unpaired) electrons. The van der Waals surface area contributed by atoms with Crippen LogP contribution in [0.3, 0.4) is 0 Å². The van der Waals surface area contributed by atoms with E-state index in [2.05, 4.69) is 96.0 Å². The summed E-state index contributed by atoms with van der Waals surface area (Å²) in [7, 11) is -6.00. The number of rotatable bonds is 3. The first-order chi connectivity index (χ1) is 13.9. The molecule has 1 aromatic heterocycles. The summed E-state index contributed by atoms with van der Waals surface area (Å²) in [5, 5.41) is 0. The summed E-state index contributed by atoms with van der Waals surface area (Å²) >= 11 is 0. The Kier molecular flexibility index (Phi) is 6.44. The van der Waals surface area contributed by atoms with Gasteiger partial charge in [0.05, 0.1) is 0 Å². The van der Waals surface area contributed by atoms with Crippen molar-refractivity contribution >= 4 is 7.25 Å². The van der Waals surface area contributed by atoms with Crippen LogP contribution in [0.4, 0.5) is 17.3 Å². The first-order valence-corrected chi connectivity index (χ1v) is 9.01. The zero-order chi connectivity index (χ0) is 20.7. The van der Waals surface area contributed by atoms with Crippen LogP contribution in [0.25, 0.3) is 33.6 Å². The van der Waals surface area contributed by atoms with Gasteiger partial charge in [-0.25, -0.2) is 4.98 Å². The van der Waals surface area contributed by atoms with Crippen LogP contribution in [0, 0.1) is 0 Å². The van der Waals surface area contributed by atoms with Gasteiger partial charge in [-0.2, -0.15) is 0 Å². The molecule has 0 aliphatic carbocycles. The molecule has 0 aliphatic heterocycles. The topological polar surface area (TPSA) is 14.1 Å². The van der Waals surface area contributed by atoms with Crippen molar-refractivity contribution in [2.45, 2.75) is 0 Å². The lowest BCUT2D eigenvalue weighted by Crippen LogP contribution is -2.11. The summed E-state index contributed by atoms with van der Waals surface area (Å²) in [6.45, 7) is 0. The molecule has 0 spiro atoms. The third-order valence-corrected chi connectivity index (χ3v) is 4.15. The van der Waals surface area contributed by atoms with E-state index in [4.69, 9.17) is 0 Å². The summed E-state index contributed by atoms with van der Waals surface area (Å²) in [4.78, 5) is 3.59. The Morgan fingerprint density at radius 1 is 0.448 bits per heavy atom. The van der Waals surface area contributed by atoms with Crippen LogP contribution in [-0.2, 0) is 0 Å². The molecule has 0 saturated carbocycles. The number of halogens is 4. The molecule has 0 atom stereocenters. The van der Waals surface area contributed by atoms with Gasteiger partial charge in [0.1, 0.15) is 0 Å². The van der Waals surface area contributed by atoms with Gasteiger partial charge in [0.25, 0.3) is 0 Å². The molecular formula is C23H18BF4N. The summed E-state index contributed by atoms with van der Waals surface area (Å²) in [6, 6.07) is 35.9. The Hall–Kier alpha value is -3.41. The third-order valence-electron chi connectivity index (χ3n) is 4.15. The SMILES string of the molecule is F[B-](F)(F)F.c1ccc(-c2cc(-c3ccccc3)[nH+]c(-c3ccccc3)c2)cc1. The van der Waals surface area contributed by atoms with Crippen molar-refractivity contribution in [3.63, 3.8) is 0 Å². The highest BCUT2D eigenvalue weighted by atomic mass is 19.5. The number of aromatic amines is 1. The van der Waals surface area contributed by atoms with Crippen LogP contribution in [0.1, 0.15) is 0 Å². The summed E-state index contributed by atoms with van der Waals surface area (Å²) in [5.74, 6) is 0. The first-order valence-electron chi connectivity index (χ1n) is 9.01. The van der Waals surface area contributed by atoms with Crippen LogP contribution >= 0.6 is 0 Å². The van der Waals surface area contributed by atoms with Gasteiger partial charge < -0.3 is 17.3 Å². The van der Waals surface area contributed by atoms with Crippen LogP contribution < -0.4 is 4.98 Å². The average molecular weight is 395 g/mol. The summed E-state index contributed by atoms with van der Waals surface area (Å²) < 4.78 is 39.0. The molecule has 0 fully saturated rings. The second kappa shape index (κ2) is 9.19. The fraction of sp³-hybridized carbons (Fsp3) is 0. The van der Waals surface area contributed by atoms with Gasteiger partial charge in [0.2, 0.25) is 11.4 Å². The number of aromatic nitrogens is 1. The molecule has 0 unspecified atom stereocenters. The predicted octanol–water partition coefficient (Wildman–Crippen LogP) is 6.80. The van der Waals surface area contributed by atoms with Gasteiger partial charge in [0.15, 0.2) is 0 Å². The fourth-order valence-corrected chi connectivity index (χ4v) is 2.91. The van der Waals surface area contributed by atoms with Crippen LogP contribution in [-0.4, -0.2) is 7.25 Å². The third kappa shape index (κ3) is 6.31. The lowest BCUT2D eigenvalue weighted by atomic mass is 10.00. The zero-order valence-electron chi connectivity index (χ0n) is 15.4. The molecule has 1 heterocycles. The molecule has 0 saturated heterocycles. The van der Waals surface area contributed by atoms with Gasteiger partial charge in [-0.1, -0.05) is 66.7 Å². The standard InChI is InChI=1S/C23H17N.BF4/c1-4-10-18(11-5-1)21-16-22(19-12-6-2-7-13-19)24-23(17-21)20-14-8-3-9-15-20;2-1(3,4)5/h1-17H;/q;-1/p+1. The smallest absolute Gasteiger partial charge is 0.418 e. The van der Waals surface area contributed by atoms with Crippen molar-refractivity contribution in [3.05, 3.63) is 103 Å². The van der Waals surface area contributed by atoms with E-state index in [1.165, 1.54) is 22.3 Å².